The van der Waals surface area contributed by atoms with E-state index < -0.39 is 6.10 Å². The molecule has 0 heterocycles. The lowest BCUT2D eigenvalue weighted by molar-refractivity contribution is -0.122. The monoisotopic (exact) mass is 409 g/mol. The fourth-order valence-corrected chi connectivity index (χ4v) is 2.87. The van der Waals surface area contributed by atoms with Crippen LogP contribution in [-0.2, 0) is 4.79 Å². The average Bonchev–Trinajstić information content (AvgIpc) is 2.65. The number of benzene rings is 2. The van der Waals surface area contributed by atoms with E-state index in [-0.39, 0.29) is 5.91 Å². The van der Waals surface area contributed by atoms with Crippen LogP contribution >= 0.6 is 23.2 Å². The second kappa shape index (κ2) is 11.1. The first-order valence-corrected chi connectivity index (χ1v) is 9.90. The minimum atomic E-state index is -0.710. The maximum Gasteiger partial charge on any atom is 0.265 e. The maximum absolute atomic E-state index is 12.3. The number of anilines is 1. The van der Waals surface area contributed by atoms with E-state index in [2.05, 4.69) is 12.2 Å². The van der Waals surface area contributed by atoms with Crippen LogP contribution < -0.4 is 14.8 Å². The van der Waals surface area contributed by atoms with Crippen LogP contribution in [-0.4, -0.2) is 18.6 Å². The third kappa shape index (κ3) is 7.31. The molecule has 1 N–H and O–H groups in total. The normalized spacial score (nSPS) is 11.7. The largest absolute Gasteiger partial charge is 0.494 e. The molecule has 4 nitrogen and oxygen atoms in total. The van der Waals surface area contributed by atoms with Crippen molar-refractivity contribution >= 4 is 34.8 Å². The molecule has 1 amide bonds. The summed E-state index contributed by atoms with van der Waals surface area (Å²) in [5.74, 6) is 0.937. The quantitative estimate of drug-likeness (QED) is 0.464. The van der Waals surface area contributed by atoms with Gasteiger partial charge in [0.25, 0.3) is 5.91 Å². The maximum atomic E-state index is 12.3. The standard InChI is InChI=1S/C21H25Cl2NO3/c1-3-4-5-6-13-26-18-10-8-17(9-11-18)24-21(25)15(2)27-20-12-7-16(22)14-19(20)23/h7-12,14-15H,3-6,13H2,1-2H3,(H,24,25)/t15-/m0/s1. The molecule has 0 fully saturated rings. The van der Waals surface area contributed by atoms with Gasteiger partial charge in [0.05, 0.1) is 11.6 Å². The van der Waals surface area contributed by atoms with Crippen molar-refractivity contribution in [1.29, 1.82) is 0 Å². The number of rotatable bonds is 10. The summed E-state index contributed by atoms with van der Waals surface area (Å²) < 4.78 is 11.3. The van der Waals surface area contributed by atoms with Gasteiger partial charge in [-0.15, -0.1) is 0 Å². The molecule has 0 spiro atoms. The first-order valence-electron chi connectivity index (χ1n) is 9.15. The van der Waals surface area contributed by atoms with Crippen molar-refractivity contribution in [1.82, 2.24) is 0 Å². The summed E-state index contributed by atoms with van der Waals surface area (Å²) in [7, 11) is 0. The summed E-state index contributed by atoms with van der Waals surface area (Å²) in [6.07, 6.45) is 3.96. The van der Waals surface area contributed by atoms with Gasteiger partial charge in [-0.3, -0.25) is 4.79 Å². The molecule has 0 unspecified atom stereocenters. The Bertz CT molecular complexity index is 735. The minimum absolute atomic E-state index is 0.269. The summed E-state index contributed by atoms with van der Waals surface area (Å²) in [4.78, 5) is 12.3. The fourth-order valence-electron chi connectivity index (χ4n) is 2.41. The summed E-state index contributed by atoms with van der Waals surface area (Å²) in [5, 5.41) is 3.69. The number of hydrogen-bond acceptors (Lipinski definition) is 3. The number of unbranched alkanes of at least 4 members (excludes halogenated alkanes) is 3. The van der Waals surface area contributed by atoms with Crippen LogP contribution in [0.25, 0.3) is 0 Å². The molecule has 0 saturated heterocycles. The Labute approximate surface area is 170 Å². The highest BCUT2D eigenvalue weighted by Crippen LogP contribution is 2.28. The fraction of sp³-hybridized carbons (Fsp3) is 0.381. The van der Waals surface area contributed by atoms with E-state index in [1.54, 1.807) is 37.3 Å². The van der Waals surface area contributed by atoms with E-state index >= 15 is 0 Å². The second-order valence-corrected chi connectivity index (χ2v) is 7.10. The molecule has 2 rings (SSSR count). The van der Waals surface area contributed by atoms with Gasteiger partial charge in [-0.25, -0.2) is 0 Å². The summed E-state index contributed by atoms with van der Waals surface area (Å²) in [6.45, 7) is 4.55. The predicted octanol–water partition coefficient (Wildman–Crippen LogP) is 6.36. The second-order valence-electron chi connectivity index (χ2n) is 6.26. The van der Waals surface area contributed by atoms with Crippen LogP contribution in [0.5, 0.6) is 11.5 Å². The van der Waals surface area contributed by atoms with Gasteiger partial charge in [0, 0.05) is 10.7 Å². The Morgan fingerprint density at radius 3 is 2.48 bits per heavy atom. The molecule has 0 bridgehead atoms. The molecule has 2 aromatic rings. The van der Waals surface area contributed by atoms with Crippen molar-refractivity contribution in [2.75, 3.05) is 11.9 Å². The van der Waals surface area contributed by atoms with Gasteiger partial charge in [0.2, 0.25) is 0 Å². The number of carbonyl (C=O) groups excluding carboxylic acids is 1. The van der Waals surface area contributed by atoms with Gasteiger partial charge in [0.15, 0.2) is 6.10 Å². The summed E-state index contributed by atoms with van der Waals surface area (Å²) in [5.41, 5.74) is 0.677. The molecule has 6 heteroatoms. The minimum Gasteiger partial charge on any atom is -0.494 e. The zero-order valence-electron chi connectivity index (χ0n) is 15.6. The third-order valence-electron chi connectivity index (χ3n) is 3.96. The Morgan fingerprint density at radius 2 is 1.81 bits per heavy atom. The highest BCUT2D eigenvalue weighted by molar-refractivity contribution is 6.35. The molecule has 0 saturated carbocycles. The molecule has 1 atom stereocenters. The Balaban J connectivity index is 1.82. The van der Waals surface area contributed by atoms with Gasteiger partial charge >= 0.3 is 0 Å². The topological polar surface area (TPSA) is 47.6 Å². The molecule has 2 aromatic carbocycles. The van der Waals surface area contributed by atoms with Gasteiger partial charge < -0.3 is 14.8 Å². The number of halogens is 2. The molecule has 0 aliphatic heterocycles. The van der Waals surface area contributed by atoms with E-state index in [9.17, 15) is 4.79 Å². The number of carbonyl (C=O) groups is 1. The van der Waals surface area contributed by atoms with E-state index in [1.165, 1.54) is 19.3 Å². The van der Waals surface area contributed by atoms with Crippen LogP contribution in [0.1, 0.15) is 39.5 Å². The average molecular weight is 410 g/mol. The predicted molar refractivity (Wildman–Crippen MR) is 111 cm³/mol. The number of ether oxygens (including phenoxy) is 2. The van der Waals surface area contributed by atoms with Gasteiger partial charge in [-0.05, 0) is 55.8 Å². The van der Waals surface area contributed by atoms with E-state index in [0.717, 1.165) is 12.2 Å². The van der Waals surface area contributed by atoms with Crippen LogP contribution in [0.2, 0.25) is 10.0 Å². The van der Waals surface area contributed by atoms with Crippen LogP contribution in [0.4, 0.5) is 5.69 Å². The smallest absolute Gasteiger partial charge is 0.265 e. The van der Waals surface area contributed by atoms with Crippen LogP contribution in [0.3, 0.4) is 0 Å². The zero-order chi connectivity index (χ0) is 19.6. The lowest BCUT2D eigenvalue weighted by Crippen LogP contribution is -2.30. The SMILES string of the molecule is CCCCCCOc1ccc(NC(=O)[C@H](C)Oc2ccc(Cl)cc2Cl)cc1. The Morgan fingerprint density at radius 1 is 1.07 bits per heavy atom. The lowest BCUT2D eigenvalue weighted by atomic mass is 10.2. The van der Waals surface area contributed by atoms with Crippen molar-refractivity contribution in [2.24, 2.45) is 0 Å². The van der Waals surface area contributed by atoms with Gasteiger partial charge in [-0.1, -0.05) is 49.4 Å². The molecular formula is C21H25Cl2NO3. The van der Waals surface area contributed by atoms with Crippen molar-refractivity contribution in [3.05, 3.63) is 52.5 Å². The van der Waals surface area contributed by atoms with Crippen LogP contribution in [0, 0.1) is 0 Å². The summed E-state index contributed by atoms with van der Waals surface area (Å²) >= 11 is 11.9. The van der Waals surface area contributed by atoms with Crippen molar-refractivity contribution < 1.29 is 14.3 Å². The van der Waals surface area contributed by atoms with Crippen molar-refractivity contribution in [3.63, 3.8) is 0 Å². The van der Waals surface area contributed by atoms with Crippen LogP contribution in [0.15, 0.2) is 42.5 Å². The number of amides is 1. The molecule has 0 aliphatic rings. The zero-order valence-corrected chi connectivity index (χ0v) is 17.1. The first-order chi connectivity index (χ1) is 13.0. The van der Waals surface area contributed by atoms with E-state index in [4.69, 9.17) is 32.7 Å². The first kappa shape index (κ1) is 21.4. The molecule has 146 valence electrons. The van der Waals surface area contributed by atoms with Crippen molar-refractivity contribution in [3.8, 4) is 11.5 Å². The van der Waals surface area contributed by atoms with E-state index in [0.29, 0.717) is 28.1 Å². The molecule has 0 aromatic heterocycles. The van der Waals surface area contributed by atoms with Gasteiger partial charge in [-0.2, -0.15) is 0 Å². The molecule has 0 radical (unpaired) electrons. The summed E-state index contributed by atoms with van der Waals surface area (Å²) in [6, 6.07) is 12.2. The molecule has 0 aliphatic carbocycles. The molecular weight excluding hydrogens is 385 g/mol. The highest BCUT2D eigenvalue weighted by atomic mass is 35.5. The Hall–Kier alpha value is -1.91. The molecule has 27 heavy (non-hydrogen) atoms. The van der Waals surface area contributed by atoms with Gasteiger partial charge in [0.1, 0.15) is 11.5 Å². The van der Waals surface area contributed by atoms with Crippen molar-refractivity contribution in [2.45, 2.75) is 45.6 Å². The lowest BCUT2D eigenvalue weighted by Gasteiger charge is -2.16. The third-order valence-corrected chi connectivity index (χ3v) is 4.49. The number of hydrogen-bond donors (Lipinski definition) is 1. The van der Waals surface area contributed by atoms with E-state index in [1.807, 2.05) is 12.1 Å². The number of nitrogens with one attached hydrogen (secondary N) is 1. The highest BCUT2D eigenvalue weighted by Gasteiger charge is 2.16. The Kier molecular flexibility index (Phi) is 8.76.